The Bertz CT molecular complexity index is 799. The molecule has 1 spiro atoms. The average Bonchev–Trinajstić information content (AvgIpc) is 3.11. The van der Waals surface area contributed by atoms with E-state index in [1.54, 1.807) is 10.6 Å². The van der Waals surface area contributed by atoms with Crippen molar-refractivity contribution in [3.63, 3.8) is 0 Å². The van der Waals surface area contributed by atoms with Gasteiger partial charge in [0.25, 0.3) is 5.56 Å². The highest BCUT2D eigenvalue weighted by atomic mass is 35.5. The monoisotopic (exact) mass is 374 g/mol. The van der Waals surface area contributed by atoms with Gasteiger partial charge in [-0.25, -0.2) is 0 Å². The molecule has 1 saturated heterocycles. The third kappa shape index (κ3) is 3.34. The van der Waals surface area contributed by atoms with E-state index < -0.39 is 5.60 Å². The van der Waals surface area contributed by atoms with Gasteiger partial charge in [0.2, 0.25) is 0 Å². The molecule has 4 rings (SSSR count). The number of piperidine rings is 1. The van der Waals surface area contributed by atoms with Crippen molar-refractivity contribution in [2.45, 2.75) is 44.2 Å². The quantitative estimate of drug-likeness (QED) is 0.867. The van der Waals surface area contributed by atoms with Crippen LogP contribution in [0.5, 0.6) is 0 Å². The van der Waals surface area contributed by atoms with Crippen LogP contribution in [0, 0.1) is 5.41 Å². The van der Waals surface area contributed by atoms with Gasteiger partial charge < -0.3 is 15.0 Å². The summed E-state index contributed by atoms with van der Waals surface area (Å²) in [6.45, 7) is 2.07. The van der Waals surface area contributed by atoms with Crippen molar-refractivity contribution in [2.24, 2.45) is 5.41 Å². The zero-order valence-electron chi connectivity index (χ0n) is 15.0. The van der Waals surface area contributed by atoms with Gasteiger partial charge in [-0.2, -0.15) is 0 Å². The van der Waals surface area contributed by atoms with Crippen molar-refractivity contribution in [2.75, 3.05) is 13.1 Å². The van der Waals surface area contributed by atoms with Crippen LogP contribution in [-0.2, 0) is 6.54 Å². The molecule has 1 aromatic carbocycles. The molecule has 2 fully saturated rings. The van der Waals surface area contributed by atoms with Crippen LogP contribution in [0.25, 0.3) is 11.1 Å². The van der Waals surface area contributed by atoms with E-state index in [0.29, 0.717) is 13.0 Å². The Kier molecular flexibility index (Phi) is 5.56. The first-order valence-electron chi connectivity index (χ1n) is 9.31. The van der Waals surface area contributed by atoms with E-state index in [9.17, 15) is 9.90 Å². The highest BCUT2D eigenvalue weighted by molar-refractivity contribution is 5.85. The first-order chi connectivity index (χ1) is 12.1. The van der Waals surface area contributed by atoms with Crippen molar-refractivity contribution < 1.29 is 5.11 Å². The molecule has 1 atom stereocenters. The van der Waals surface area contributed by atoms with E-state index in [1.807, 2.05) is 42.6 Å². The van der Waals surface area contributed by atoms with Gasteiger partial charge >= 0.3 is 0 Å². The summed E-state index contributed by atoms with van der Waals surface area (Å²) in [5, 5.41) is 14.9. The van der Waals surface area contributed by atoms with Gasteiger partial charge in [0.05, 0.1) is 12.1 Å². The fourth-order valence-electron chi connectivity index (χ4n) is 4.72. The lowest BCUT2D eigenvalue weighted by Gasteiger charge is -2.49. The predicted molar refractivity (Wildman–Crippen MR) is 107 cm³/mol. The molecule has 26 heavy (non-hydrogen) atoms. The zero-order chi connectivity index (χ0) is 17.3. The number of nitrogens with zero attached hydrogens (tertiary/aromatic N) is 1. The molecule has 0 radical (unpaired) electrons. The third-order valence-corrected chi connectivity index (χ3v) is 6.26. The molecule has 5 heteroatoms. The molecule has 1 aliphatic carbocycles. The highest BCUT2D eigenvalue weighted by Gasteiger charge is 2.53. The van der Waals surface area contributed by atoms with Gasteiger partial charge in [0, 0.05) is 24.2 Å². The van der Waals surface area contributed by atoms with Crippen LogP contribution < -0.4 is 10.9 Å². The van der Waals surface area contributed by atoms with Crippen molar-refractivity contribution in [3.8, 4) is 11.1 Å². The molecule has 2 aliphatic rings. The largest absolute Gasteiger partial charge is 0.387 e. The third-order valence-electron chi connectivity index (χ3n) is 6.26. The zero-order valence-corrected chi connectivity index (χ0v) is 15.8. The maximum Gasteiger partial charge on any atom is 0.251 e. The predicted octanol–water partition coefficient (Wildman–Crippen LogP) is 3.22. The van der Waals surface area contributed by atoms with Crippen LogP contribution in [0.4, 0.5) is 0 Å². The summed E-state index contributed by atoms with van der Waals surface area (Å²) < 4.78 is 1.69. The molecule has 2 N–H and O–H groups in total. The summed E-state index contributed by atoms with van der Waals surface area (Å²) in [5.74, 6) is 0. The van der Waals surface area contributed by atoms with Crippen molar-refractivity contribution in [1.29, 1.82) is 0 Å². The number of nitrogens with one attached hydrogen (secondary N) is 1. The lowest BCUT2D eigenvalue weighted by Crippen LogP contribution is -2.60. The van der Waals surface area contributed by atoms with E-state index in [1.165, 1.54) is 12.8 Å². The molecule has 1 aromatic heterocycles. The highest BCUT2D eigenvalue weighted by Crippen LogP contribution is 2.49. The Morgan fingerprint density at radius 3 is 2.46 bits per heavy atom. The second-order valence-corrected chi connectivity index (χ2v) is 7.69. The molecule has 140 valence electrons. The number of hydrogen-bond acceptors (Lipinski definition) is 3. The number of pyridine rings is 1. The summed E-state index contributed by atoms with van der Waals surface area (Å²) in [6, 6.07) is 13.6. The molecular formula is C21H27ClN2O2. The van der Waals surface area contributed by atoms with E-state index in [-0.39, 0.29) is 23.4 Å². The number of benzene rings is 1. The smallest absolute Gasteiger partial charge is 0.251 e. The fraction of sp³-hybridized carbons (Fsp3) is 0.476. The number of halogens is 1. The summed E-state index contributed by atoms with van der Waals surface area (Å²) in [4.78, 5) is 12.7. The normalized spacial score (nSPS) is 24.3. The van der Waals surface area contributed by atoms with Crippen molar-refractivity contribution in [1.82, 2.24) is 9.88 Å². The summed E-state index contributed by atoms with van der Waals surface area (Å²) in [5.41, 5.74) is 1.05. The Hall–Kier alpha value is -1.62. The average molecular weight is 375 g/mol. The second kappa shape index (κ2) is 7.55. The first-order valence-corrected chi connectivity index (χ1v) is 9.31. The minimum atomic E-state index is -0.799. The summed E-state index contributed by atoms with van der Waals surface area (Å²) in [7, 11) is 0. The lowest BCUT2D eigenvalue weighted by atomic mass is 9.66. The second-order valence-electron chi connectivity index (χ2n) is 7.69. The number of aromatic nitrogens is 1. The molecule has 4 nitrogen and oxygen atoms in total. The number of aliphatic hydroxyl groups is 1. The Balaban J connectivity index is 0.00000196. The Morgan fingerprint density at radius 2 is 1.77 bits per heavy atom. The Labute approximate surface area is 160 Å². The van der Waals surface area contributed by atoms with Gasteiger partial charge in [-0.1, -0.05) is 43.2 Å². The van der Waals surface area contributed by atoms with Crippen molar-refractivity contribution in [3.05, 3.63) is 59.0 Å². The molecule has 1 saturated carbocycles. The van der Waals surface area contributed by atoms with Crippen LogP contribution in [-0.4, -0.2) is 28.4 Å². The van der Waals surface area contributed by atoms with E-state index in [0.717, 1.165) is 37.1 Å². The SMILES string of the molecule is Cl.O=c1cc(-c2ccccc2)ccn1CC1(O)CCNCC12CCCC2. The summed E-state index contributed by atoms with van der Waals surface area (Å²) in [6.07, 6.45) is 6.99. The molecule has 1 unspecified atom stereocenters. The first kappa shape index (κ1) is 19.2. The van der Waals surface area contributed by atoms with E-state index >= 15 is 0 Å². The standard InChI is InChI=1S/C21H26N2O2.ClH/c24-19-14-18(17-6-2-1-3-7-17)8-13-23(19)16-21(25)11-12-22-15-20(21)9-4-5-10-20;/h1-3,6-8,13-14,22,25H,4-5,9-12,15-16H2;1H. The number of rotatable bonds is 3. The summed E-state index contributed by atoms with van der Waals surface area (Å²) >= 11 is 0. The van der Waals surface area contributed by atoms with Gasteiger partial charge in [-0.15, -0.1) is 12.4 Å². The van der Waals surface area contributed by atoms with Crippen LogP contribution in [0.3, 0.4) is 0 Å². The van der Waals surface area contributed by atoms with Crippen LogP contribution in [0.15, 0.2) is 53.5 Å². The topological polar surface area (TPSA) is 54.3 Å². The number of hydrogen-bond donors (Lipinski definition) is 2. The maximum atomic E-state index is 12.7. The molecular weight excluding hydrogens is 348 g/mol. The van der Waals surface area contributed by atoms with E-state index in [4.69, 9.17) is 0 Å². The van der Waals surface area contributed by atoms with Gasteiger partial charge in [-0.05, 0) is 43.0 Å². The minimum Gasteiger partial charge on any atom is -0.387 e. The van der Waals surface area contributed by atoms with Crippen LogP contribution in [0.2, 0.25) is 0 Å². The molecule has 1 aliphatic heterocycles. The van der Waals surface area contributed by atoms with Crippen LogP contribution >= 0.6 is 12.4 Å². The minimum absolute atomic E-state index is 0. The molecule has 2 aromatic rings. The van der Waals surface area contributed by atoms with Gasteiger partial charge in [-0.3, -0.25) is 4.79 Å². The molecule has 0 bridgehead atoms. The fourth-order valence-corrected chi connectivity index (χ4v) is 4.72. The maximum absolute atomic E-state index is 12.7. The van der Waals surface area contributed by atoms with Gasteiger partial charge in [0.1, 0.15) is 0 Å². The Morgan fingerprint density at radius 1 is 1.04 bits per heavy atom. The lowest BCUT2D eigenvalue weighted by molar-refractivity contribution is -0.115. The van der Waals surface area contributed by atoms with Crippen LogP contribution in [0.1, 0.15) is 32.1 Å². The molecule has 2 heterocycles. The van der Waals surface area contributed by atoms with Crippen molar-refractivity contribution >= 4 is 12.4 Å². The molecule has 0 amide bonds. The van der Waals surface area contributed by atoms with E-state index in [2.05, 4.69) is 5.32 Å². The van der Waals surface area contributed by atoms with Gasteiger partial charge in [0.15, 0.2) is 0 Å².